The number of para-hydroxylation sites is 1. The Kier molecular flexibility index (Phi) is 3.91. The molecule has 0 radical (unpaired) electrons. The normalized spacial score (nSPS) is 10.4. The second kappa shape index (κ2) is 6.17. The maximum atomic E-state index is 12.2. The van der Waals surface area contributed by atoms with E-state index >= 15 is 0 Å². The van der Waals surface area contributed by atoms with Gasteiger partial charge in [-0.15, -0.1) is 0 Å². The number of nitrogens with one attached hydrogen (secondary N) is 1. The van der Waals surface area contributed by atoms with Gasteiger partial charge in [-0.05, 0) is 30.2 Å². The molecule has 1 aromatic carbocycles. The molecule has 0 saturated carbocycles. The molecule has 2 heterocycles. The molecule has 3 aromatic rings. The lowest BCUT2D eigenvalue weighted by Gasteiger charge is -2.07. The summed E-state index contributed by atoms with van der Waals surface area (Å²) in [5, 5.41) is 6.61. The van der Waals surface area contributed by atoms with Crippen LogP contribution in [0, 0.1) is 0 Å². The number of pyridine rings is 1. The Balaban J connectivity index is 1.80. The molecule has 3 rings (SSSR count). The minimum atomic E-state index is -0.422. The highest BCUT2D eigenvalue weighted by Crippen LogP contribution is 2.18. The number of aromatic nitrogens is 3. The summed E-state index contributed by atoms with van der Waals surface area (Å²) in [4.78, 5) is 20.2. The van der Waals surface area contributed by atoms with Crippen molar-refractivity contribution in [3.63, 3.8) is 0 Å². The Hall–Kier alpha value is -3.02. The second-order valence-corrected chi connectivity index (χ2v) is 4.62. The van der Waals surface area contributed by atoms with Crippen molar-refractivity contribution in [3.05, 3.63) is 60.2 Å². The number of carbonyl (C=O) groups excluding carboxylic acids is 1. The van der Waals surface area contributed by atoms with Crippen molar-refractivity contribution in [2.24, 2.45) is 0 Å². The number of carbonyl (C=O) groups is 1. The van der Waals surface area contributed by atoms with Crippen molar-refractivity contribution in [1.29, 1.82) is 0 Å². The Morgan fingerprint density at radius 1 is 1.18 bits per heavy atom. The molecule has 0 saturated heterocycles. The first-order valence-corrected chi connectivity index (χ1v) is 6.91. The summed E-state index contributed by atoms with van der Waals surface area (Å²) in [5.41, 5.74) is 2.54. The molecule has 0 bridgehead atoms. The van der Waals surface area contributed by atoms with Crippen LogP contribution in [-0.2, 0) is 6.42 Å². The van der Waals surface area contributed by atoms with Crippen LogP contribution in [0.4, 0.5) is 5.69 Å². The van der Waals surface area contributed by atoms with Crippen LogP contribution in [0.15, 0.2) is 53.3 Å². The number of amides is 1. The van der Waals surface area contributed by atoms with E-state index in [1.807, 2.05) is 31.2 Å². The van der Waals surface area contributed by atoms with E-state index in [0.717, 1.165) is 23.2 Å². The molecule has 2 aromatic heterocycles. The largest absolute Gasteiger partial charge is 0.328 e. The molecule has 6 heteroatoms. The van der Waals surface area contributed by atoms with Crippen LogP contribution in [0.3, 0.4) is 0 Å². The summed E-state index contributed by atoms with van der Waals surface area (Å²) in [5.74, 6) is -0.136. The van der Waals surface area contributed by atoms with E-state index < -0.39 is 5.91 Å². The summed E-state index contributed by atoms with van der Waals surface area (Å²) in [6.07, 6.45) is 4.08. The summed E-state index contributed by atoms with van der Waals surface area (Å²) in [7, 11) is 0. The van der Waals surface area contributed by atoms with Gasteiger partial charge in [0.25, 0.3) is 0 Å². The van der Waals surface area contributed by atoms with E-state index in [-0.39, 0.29) is 5.89 Å². The maximum Gasteiger partial charge on any atom is 0.316 e. The lowest BCUT2D eigenvalue weighted by atomic mass is 10.1. The van der Waals surface area contributed by atoms with E-state index in [9.17, 15) is 4.79 Å². The van der Waals surface area contributed by atoms with Crippen molar-refractivity contribution < 1.29 is 9.32 Å². The first kappa shape index (κ1) is 13.9. The van der Waals surface area contributed by atoms with Gasteiger partial charge < -0.3 is 9.84 Å². The van der Waals surface area contributed by atoms with E-state index in [1.54, 1.807) is 24.5 Å². The van der Waals surface area contributed by atoms with Gasteiger partial charge in [0, 0.05) is 23.6 Å². The summed E-state index contributed by atoms with van der Waals surface area (Å²) in [6, 6.07) is 11.1. The second-order valence-electron chi connectivity index (χ2n) is 4.62. The molecule has 1 N–H and O–H groups in total. The molecule has 6 nitrogen and oxygen atoms in total. The SMILES string of the molecule is CCc1ccccc1NC(=O)c1nc(-c2ccncc2)no1. The Labute approximate surface area is 127 Å². The van der Waals surface area contributed by atoms with Crippen LogP contribution in [0.25, 0.3) is 11.4 Å². The molecule has 0 spiro atoms. The van der Waals surface area contributed by atoms with Gasteiger partial charge in [-0.2, -0.15) is 4.98 Å². The highest BCUT2D eigenvalue weighted by molar-refractivity contribution is 6.01. The fraction of sp³-hybridized carbons (Fsp3) is 0.125. The van der Waals surface area contributed by atoms with E-state index in [4.69, 9.17) is 4.52 Å². The highest BCUT2D eigenvalue weighted by atomic mass is 16.5. The summed E-state index contributed by atoms with van der Waals surface area (Å²) in [6.45, 7) is 2.03. The maximum absolute atomic E-state index is 12.2. The van der Waals surface area contributed by atoms with Crippen LogP contribution in [0.1, 0.15) is 23.2 Å². The molecule has 0 atom stereocenters. The van der Waals surface area contributed by atoms with Gasteiger partial charge in [-0.25, -0.2) is 0 Å². The van der Waals surface area contributed by atoms with Gasteiger partial charge in [0.2, 0.25) is 5.82 Å². The van der Waals surface area contributed by atoms with Crippen LogP contribution in [-0.4, -0.2) is 21.0 Å². The lowest BCUT2D eigenvalue weighted by molar-refractivity contribution is 0.0981. The topological polar surface area (TPSA) is 80.9 Å². The van der Waals surface area contributed by atoms with E-state index in [0.29, 0.717) is 5.82 Å². The van der Waals surface area contributed by atoms with Crippen molar-refractivity contribution in [3.8, 4) is 11.4 Å². The molecule has 0 aliphatic heterocycles. The predicted octanol–water partition coefficient (Wildman–Crippen LogP) is 2.95. The van der Waals surface area contributed by atoms with Crippen molar-refractivity contribution >= 4 is 11.6 Å². The number of hydrogen-bond donors (Lipinski definition) is 1. The first-order chi connectivity index (χ1) is 10.8. The standard InChI is InChI=1S/C16H14N4O2/c1-2-11-5-3-4-6-13(11)18-15(21)16-19-14(20-22-16)12-7-9-17-10-8-12/h3-10H,2H2,1H3,(H,18,21). The highest BCUT2D eigenvalue weighted by Gasteiger charge is 2.17. The third-order valence-electron chi connectivity index (χ3n) is 3.21. The van der Waals surface area contributed by atoms with Gasteiger partial charge in [0.1, 0.15) is 0 Å². The predicted molar refractivity (Wildman–Crippen MR) is 81.3 cm³/mol. The smallest absolute Gasteiger partial charge is 0.316 e. The van der Waals surface area contributed by atoms with Crippen LogP contribution >= 0.6 is 0 Å². The van der Waals surface area contributed by atoms with Gasteiger partial charge >= 0.3 is 11.8 Å². The van der Waals surface area contributed by atoms with Gasteiger partial charge in [0.05, 0.1) is 0 Å². The fourth-order valence-electron chi connectivity index (χ4n) is 2.06. The average molecular weight is 294 g/mol. The number of hydrogen-bond acceptors (Lipinski definition) is 5. The number of nitrogens with zero attached hydrogens (tertiary/aromatic N) is 3. The number of benzene rings is 1. The third-order valence-corrected chi connectivity index (χ3v) is 3.21. The zero-order valence-electron chi connectivity index (χ0n) is 12.0. The Morgan fingerprint density at radius 3 is 2.73 bits per heavy atom. The molecule has 0 fully saturated rings. The van der Waals surface area contributed by atoms with Crippen molar-refractivity contribution in [2.45, 2.75) is 13.3 Å². The van der Waals surface area contributed by atoms with Crippen molar-refractivity contribution in [2.75, 3.05) is 5.32 Å². The van der Waals surface area contributed by atoms with Gasteiger partial charge in [-0.3, -0.25) is 9.78 Å². The van der Waals surface area contributed by atoms with Crippen LogP contribution < -0.4 is 5.32 Å². The zero-order valence-corrected chi connectivity index (χ0v) is 12.0. The first-order valence-electron chi connectivity index (χ1n) is 6.91. The molecule has 0 aliphatic rings. The molecular weight excluding hydrogens is 280 g/mol. The molecule has 0 aliphatic carbocycles. The van der Waals surface area contributed by atoms with Gasteiger partial charge in [-0.1, -0.05) is 30.3 Å². The third kappa shape index (κ3) is 2.85. The molecular formula is C16H14N4O2. The lowest BCUT2D eigenvalue weighted by Crippen LogP contribution is -2.13. The molecule has 110 valence electrons. The Bertz CT molecular complexity index is 784. The minimum absolute atomic E-state index is 0.0716. The molecule has 22 heavy (non-hydrogen) atoms. The van der Waals surface area contributed by atoms with Gasteiger partial charge in [0.15, 0.2) is 0 Å². The average Bonchev–Trinajstić information content (AvgIpc) is 3.06. The fourth-order valence-corrected chi connectivity index (χ4v) is 2.06. The zero-order chi connectivity index (χ0) is 15.4. The molecule has 0 unspecified atom stereocenters. The van der Waals surface area contributed by atoms with Crippen LogP contribution in [0.5, 0.6) is 0 Å². The van der Waals surface area contributed by atoms with Crippen LogP contribution in [0.2, 0.25) is 0 Å². The minimum Gasteiger partial charge on any atom is -0.328 e. The van der Waals surface area contributed by atoms with E-state index in [2.05, 4.69) is 20.4 Å². The van der Waals surface area contributed by atoms with E-state index in [1.165, 1.54) is 0 Å². The number of rotatable bonds is 4. The monoisotopic (exact) mass is 294 g/mol. The quantitative estimate of drug-likeness (QED) is 0.800. The Morgan fingerprint density at radius 2 is 1.95 bits per heavy atom. The number of aryl methyl sites for hydroxylation is 1. The summed E-state index contributed by atoms with van der Waals surface area (Å²) < 4.78 is 5.03. The number of anilines is 1. The van der Waals surface area contributed by atoms with Crippen molar-refractivity contribution in [1.82, 2.24) is 15.1 Å². The summed E-state index contributed by atoms with van der Waals surface area (Å²) >= 11 is 0. The molecule has 1 amide bonds.